The predicted octanol–water partition coefficient (Wildman–Crippen LogP) is 5.27. The number of allylic oxidation sites excluding steroid dienone is 4. The number of thioether (sulfide) groups is 1. The number of hydrogen-bond acceptors (Lipinski definition) is 2. The molecule has 1 unspecified atom stereocenters. The molecule has 0 aliphatic heterocycles. The first-order valence-electron chi connectivity index (χ1n) is 6.50. The predicted molar refractivity (Wildman–Crippen MR) is 76.5 cm³/mol. The SMILES string of the molecule is CC1=C(SC#N)CCC(C(C)CCC(C)C)=C1. The lowest BCUT2D eigenvalue weighted by Crippen LogP contribution is -2.05. The van der Waals surface area contributed by atoms with Crippen LogP contribution >= 0.6 is 11.8 Å². The van der Waals surface area contributed by atoms with Crippen molar-refractivity contribution in [3.8, 4) is 5.40 Å². The van der Waals surface area contributed by atoms with Gasteiger partial charge >= 0.3 is 0 Å². The molecule has 2 heteroatoms. The number of hydrogen-bond donors (Lipinski definition) is 0. The molecule has 0 aromatic carbocycles. The first kappa shape index (κ1) is 14.4. The summed E-state index contributed by atoms with van der Waals surface area (Å²) in [4.78, 5) is 1.26. The van der Waals surface area contributed by atoms with Crippen molar-refractivity contribution in [3.63, 3.8) is 0 Å². The minimum absolute atomic E-state index is 0.695. The van der Waals surface area contributed by atoms with Crippen LogP contribution in [0.3, 0.4) is 0 Å². The van der Waals surface area contributed by atoms with Crippen LogP contribution in [0.5, 0.6) is 0 Å². The third-order valence-corrected chi connectivity index (χ3v) is 4.33. The highest BCUT2D eigenvalue weighted by Crippen LogP contribution is 2.35. The van der Waals surface area contributed by atoms with Crippen LogP contribution in [0.2, 0.25) is 0 Å². The minimum atomic E-state index is 0.695. The molecule has 1 rings (SSSR count). The van der Waals surface area contributed by atoms with Gasteiger partial charge in [-0.25, -0.2) is 0 Å². The highest BCUT2D eigenvalue weighted by Gasteiger charge is 2.16. The monoisotopic (exact) mass is 249 g/mol. The van der Waals surface area contributed by atoms with E-state index in [-0.39, 0.29) is 0 Å². The Balaban J connectivity index is 2.62. The molecule has 0 aromatic rings. The third-order valence-electron chi connectivity index (χ3n) is 3.46. The van der Waals surface area contributed by atoms with E-state index in [1.807, 2.05) is 0 Å². The van der Waals surface area contributed by atoms with E-state index < -0.39 is 0 Å². The second-order valence-corrected chi connectivity index (χ2v) is 6.27. The molecule has 1 atom stereocenters. The van der Waals surface area contributed by atoms with E-state index in [2.05, 4.69) is 39.2 Å². The molecular formula is C15H23NS. The number of nitrogens with zero attached hydrogens (tertiary/aromatic N) is 1. The van der Waals surface area contributed by atoms with E-state index in [1.54, 1.807) is 5.57 Å². The molecule has 0 bridgehead atoms. The fourth-order valence-electron chi connectivity index (χ4n) is 2.23. The molecule has 0 N–H and O–H groups in total. The first-order chi connectivity index (χ1) is 8.04. The summed E-state index contributed by atoms with van der Waals surface area (Å²) < 4.78 is 0. The topological polar surface area (TPSA) is 23.8 Å². The van der Waals surface area contributed by atoms with Crippen molar-refractivity contribution in [2.75, 3.05) is 0 Å². The Bertz CT molecular complexity index is 358. The molecule has 0 radical (unpaired) electrons. The molecule has 0 fully saturated rings. The Hall–Kier alpha value is -0.680. The summed E-state index contributed by atoms with van der Waals surface area (Å²) in [5.74, 6) is 1.49. The van der Waals surface area contributed by atoms with Crippen molar-refractivity contribution in [2.45, 2.75) is 53.4 Å². The highest BCUT2D eigenvalue weighted by atomic mass is 32.2. The van der Waals surface area contributed by atoms with E-state index >= 15 is 0 Å². The van der Waals surface area contributed by atoms with Crippen molar-refractivity contribution in [2.24, 2.45) is 11.8 Å². The van der Waals surface area contributed by atoms with Gasteiger partial charge in [-0.15, -0.1) is 0 Å². The van der Waals surface area contributed by atoms with E-state index in [9.17, 15) is 0 Å². The van der Waals surface area contributed by atoms with E-state index in [0.29, 0.717) is 5.92 Å². The third kappa shape index (κ3) is 4.60. The summed E-state index contributed by atoms with van der Waals surface area (Å²) in [6.45, 7) is 9.04. The Morgan fingerprint density at radius 2 is 2.00 bits per heavy atom. The number of rotatable bonds is 5. The van der Waals surface area contributed by atoms with Gasteiger partial charge in [-0.1, -0.05) is 38.8 Å². The molecule has 0 aromatic heterocycles. The van der Waals surface area contributed by atoms with E-state index in [4.69, 9.17) is 5.26 Å². The smallest absolute Gasteiger partial charge is 0.138 e. The molecule has 0 spiro atoms. The van der Waals surface area contributed by atoms with Crippen molar-refractivity contribution < 1.29 is 0 Å². The van der Waals surface area contributed by atoms with Gasteiger partial charge in [-0.05, 0) is 55.4 Å². The van der Waals surface area contributed by atoms with Crippen LogP contribution in [0.4, 0.5) is 0 Å². The van der Waals surface area contributed by atoms with Crippen molar-refractivity contribution in [1.29, 1.82) is 5.26 Å². The lowest BCUT2D eigenvalue weighted by molar-refractivity contribution is 0.480. The van der Waals surface area contributed by atoms with E-state index in [0.717, 1.165) is 18.8 Å². The van der Waals surface area contributed by atoms with Crippen LogP contribution in [0.25, 0.3) is 0 Å². The van der Waals surface area contributed by atoms with Crippen LogP contribution in [0.1, 0.15) is 53.4 Å². The Labute approximate surface area is 110 Å². The first-order valence-corrected chi connectivity index (χ1v) is 7.32. The van der Waals surface area contributed by atoms with E-state index in [1.165, 1.54) is 35.1 Å². The minimum Gasteiger partial charge on any atom is -0.185 e. The summed E-state index contributed by atoms with van der Waals surface area (Å²) in [5, 5.41) is 10.9. The quantitative estimate of drug-likeness (QED) is 0.620. The Morgan fingerprint density at radius 1 is 1.29 bits per heavy atom. The molecule has 0 saturated carbocycles. The normalized spacial score (nSPS) is 18.0. The molecule has 0 amide bonds. The van der Waals surface area contributed by atoms with Crippen LogP contribution in [-0.2, 0) is 0 Å². The zero-order valence-corrected chi connectivity index (χ0v) is 12.2. The van der Waals surface area contributed by atoms with Crippen molar-refractivity contribution in [1.82, 2.24) is 0 Å². The summed E-state index contributed by atoms with van der Waals surface area (Å²) in [6, 6.07) is 0. The van der Waals surface area contributed by atoms with Gasteiger partial charge in [-0.2, -0.15) is 5.26 Å². The molecule has 1 nitrogen and oxygen atoms in total. The van der Waals surface area contributed by atoms with Gasteiger partial charge in [-0.3, -0.25) is 0 Å². The number of thiocyanates is 1. The summed E-state index contributed by atoms with van der Waals surface area (Å²) in [6.07, 6.45) is 7.11. The van der Waals surface area contributed by atoms with Crippen molar-refractivity contribution >= 4 is 11.8 Å². The van der Waals surface area contributed by atoms with Crippen LogP contribution in [-0.4, -0.2) is 0 Å². The van der Waals surface area contributed by atoms with Crippen LogP contribution in [0, 0.1) is 22.5 Å². The average molecular weight is 249 g/mol. The zero-order valence-electron chi connectivity index (χ0n) is 11.4. The lowest BCUT2D eigenvalue weighted by Gasteiger charge is -2.22. The van der Waals surface area contributed by atoms with Gasteiger partial charge in [0.2, 0.25) is 0 Å². The molecule has 94 valence electrons. The van der Waals surface area contributed by atoms with Crippen molar-refractivity contribution in [3.05, 3.63) is 22.1 Å². The second-order valence-electron chi connectivity index (χ2n) is 5.39. The summed E-state index contributed by atoms with van der Waals surface area (Å²) in [5.41, 5.74) is 2.87. The molecule has 17 heavy (non-hydrogen) atoms. The fraction of sp³-hybridized carbons (Fsp3) is 0.667. The van der Waals surface area contributed by atoms with Gasteiger partial charge < -0.3 is 0 Å². The molecule has 0 heterocycles. The van der Waals surface area contributed by atoms with Gasteiger partial charge in [0.05, 0.1) is 0 Å². The molecule has 0 saturated heterocycles. The summed E-state index contributed by atoms with van der Waals surface area (Å²) >= 11 is 1.33. The lowest BCUT2D eigenvalue weighted by atomic mass is 9.86. The maximum atomic E-state index is 8.71. The average Bonchev–Trinajstić information content (AvgIpc) is 2.28. The maximum absolute atomic E-state index is 8.71. The molecule has 1 aliphatic rings. The Kier molecular flexibility index (Phi) is 5.85. The zero-order chi connectivity index (χ0) is 12.8. The second kappa shape index (κ2) is 6.91. The molecular weight excluding hydrogens is 226 g/mol. The summed E-state index contributed by atoms with van der Waals surface area (Å²) in [7, 11) is 0. The fourth-order valence-corrected chi connectivity index (χ4v) is 2.76. The maximum Gasteiger partial charge on any atom is 0.138 e. The highest BCUT2D eigenvalue weighted by molar-refractivity contribution is 8.07. The van der Waals surface area contributed by atoms with Crippen LogP contribution < -0.4 is 0 Å². The van der Waals surface area contributed by atoms with Gasteiger partial charge in [0.25, 0.3) is 0 Å². The Morgan fingerprint density at radius 3 is 2.53 bits per heavy atom. The van der Waals surface area contributed by atoms with Gasteiger partial charge in [0.15, 0.2) is 0 Å². The largest absolute Gasteiger partial charge is 0.185 e. The standard InChI is InChI=1S/C15H23NS/c1-11(2)5-6-12(3)14-7-8-15(17-10-16)13(4)9-14/h9,11-12H,5-8H2,1-4H3. The van der Waals surface area contributed by atoms with Gasteiger partial charge in [0.1, 0.15) is 5.40 Å². The van der Waals surface area contributed by atoms with Gasteiger partial charge in [0, 0.05) is 4.91 Å². The van der Waals surface area contributed by atoms with Crippen LogP contribution in [0.15, 0.2) is 22.1 Å². The number of nitriles is 1. The molecule has 1 aliphatic carbocycles.